The zero-order valence-electron chi connectivity index (χ0n) is 12.3. The van der Waals surface area contributed by atoms with E-state index in [4.69, 9.17) is 4.43 Å². The van der Waals surface area contributed by atoms with Gasteiger partial charge < -0.3 is 4.43 Å². The zero-order valence-corrected chi connectivity index (χ0v) is 16.3. The third kappa shape index (κ3) is 1.65. The van der Waals surface area contributed by atoms with E-state index >= 15 is 0 Å². The molecule has 0 aromatic rings. The lowest BCUT2D eigenvalue weighted by Crippen LogP contribution is -2.87. The maximum absolute atomic E-state index is 6.40. The van der Waals surface area contributed by atoms with Gasteiger partial charge in [-0.15, -0.1) is 37.7 Å². The highest BCUT2D eigenvalue weighted by molar-refractivity contribution is 7.87. The van der Waals surface area contributed by atoms with Gasteiger partial charge in [0.2, 0.25) is 0 Å². The Morgan fingerprint density at radius 2 is 1.28 bits per heavy atom. The van der Waals surface area contributed by atoms with Gasteiger partial charge in [0, 0.05) is 6.23 Å². The average molecular weight is 311 g/mol. The molecule has 1 fully saturated rings. The molecule has 0 aliphatic carbocycles. The largest absolute Gasteiger partial charge is 0.423 e. The van der Waals surface area contributed by atoms with Crippen LogP contribution in [0.5, 0.6) is 0 Å². The second kappa shape index (κ2) is 4.72. The average Bonchev–Trinajstić information content (AvgIpc) is 2.33. The molecule has 1 heterocycles. The van der Waals surface area contributed by atoms with Crippen molar-refractivity contribution >= 4 is 29.6 Å². The number of rotatable bonds is 4. The van der Waals surface area contributed by atoms with Crippen molar-refractivity contribution < 1.29 is 4.43 Å². The van der Waals surface area contributed by atoms with Gasteiger partial charge in [0.1, 0.15) is 7.59 Å². The normalized spacial score (nSPS) is 26.9. The molecule has 5 heteroatoms. The van der Waals surface area contributed by atoms with Crippen molar-refractivity contribution in [3.8, 4) is 0 Å². The molecule has 0 aromatic heterocycles. The first-order chi connectivity index (χ1) is 8.20. The molecule has 18 heavy (non-hydrogen) atoms. The first-order valence-electron chi connectivity index (χ1n) is 6.38. The van der Waals surface area contributed by atoms with Crippen LogP contribution in [0.1, 0.15) is 0 Å². The third-order valence-corrected chi connectivity index (χ3v) is 62.1. The molecule has 0 saturated carbocycles. The van der Waals surface area contributed by atoms with E-state index in [1.807, 2.05) is 0 Å². The summed E-state index contributed by atoms with van der Waals surface area (Å²) >= 11 is 0. The third-order valence-electron chi connectivity index (χ3n) is 5.35. The first-order valence-corrected chi connectivity index (χ1v) is 19.8. The molecule has 0 aromatic carbocycles. The summed E-state index contributed by atoms with van der Waals surface area (Å²) in [5, 5.41) is 0. The molecule has 0 bridgehead atoms. The maximum Gasteiger partial charge on any atom is 0.171 e. The van der Waals surface area contributed by atoms with Crippen LogP contribution < -0.4 is 0 Å². The molecule has 0 amide bonds. The van der Waals surface area contributed by atoms with Crippen LogP contribution in [0.15, 0.2) is 49.1 Å². The Kier molecular flexibility index (Phi) is 4.15. The van der Waals surface area contributed by atoms with Crippen molar-refractivity contribution in [3.05, 3.63) is 49.1 Å². The van der Waals surface area contributed by atoms with Crippen molar-refractivity contribution in [2.75, 3.05) is 6.23 Å². The van der Waals surface area contributed by atoms with E-state index in [-0.39, 0.29) is 0 Å². The molecular weight excluding hydrogens is 284 g/mol. The molecule has 100 valence electrons. The quantitative estimate of drug-likeness (QED) is 0.722. The highest BCUT2D eigenvalue weighted by Gasteiger charge is 2.67. The Hall–Kier alpha value is -0.212. The van der Waals surface area contributed by atoms with Crippen molar-refractivity contribution in [1.82, 2.24) is 0 Å². The standard InChI is InChI=1S/C13H26OSi4/c1-9-17(10-2)13-14-15(5,6)16(7,8)18(17,11-3)12-4/h9-12H,1-4,13H2,5-8H3. The zero-order chi connectivity index (χ0) is 14.2. The Bertz CT molecular complexity index is 382. The van der Waals surface area contributed by atoms with Crippen LogP contribution in [0.25, 0.3) is 0 Å². The molecule has 1 nitrogen and oxygen atoms in total. The van der Waals surface area contributed by atoms with Gasteiger partial charge in [-0.1, -0.05) is 24.5 Å². The van der Waals surface area contributed by atoms with Gasteiger partial charge in [-0.05, 0) is 13.1 Å². The highest BCUT2D eigenvalue weighted by Crippen LogP contribution is 2.42. The second-order valence-electron chi connectivity index (χ2n) is 6.15. The minimum absolute atomic E-state index is 0.847. The van der Waals surface area contributed by atoms with Gasteiger partial charge >= 0.3 is 0 Å². The molecule has 0 atom stereocenters. The fourth-order valence-electron chi connectivity index (χ4n) is 3.19. The summed E-state index contributed by atoms with van der Waals surface area (Å²) in [5.74, 6) is 0. The van der Waals surface area contributed by atoms with Gasteiger partial charge in [-0.3, -0.25) is 0 Å². The summed E-state index contributed by atoms with van der Waals surface area (Å²) in [6, 6.07) is 0. The number of hydrogen-bond acceptors (Lipinski definition) is 1. The molecule has 0 unspecified atom stereocenters. The minimum Gasteiger partial charge on any atom is -0.423 e. The highest BCUT2D eigenvalue weighted by atomic mass is 29.8. The summed E-state index contributed by atoms with van der Waals surface area (Å²) in [4.78, 5) is 0. The van der Waals surface area contributed by atoms with Gasteiger partial charge in [0.25, 0.3) is 0 Å². The lowest BCUT2D eigenvalue weighted by atomic mass is 11.2. The minimum atomic E-state index is -1.83. The van der Waals surface area contributed by atoms with Gasteiger partial charge in [0.05, 0.1) is 14.2 Å². The van der Waals surface area contributed by atoms with Crippen molar-refractivity contribution in [2.45, 2.75) is 26.2 Å². The first kappa shape index (κ1) is 15.8. The maximum atomic E-state index is 6.40. The predicted molar refractivity (Wildman–Crippen MR) is 93.2 cm³/mol. The Morgan fingerprint density at radius 3 is 1.61 bits per heavy atom. The lowest BCUT2D eigenvalue weighted by Gasteiger charge is -2.59. The van der Waals surface area contributed by atoms with E-state index in [2.05, 4.69) is 75.3 Å². The van der Waals surface area contributed by atoms with Gasteiger partial charge in [-0.2, -0.15) is 0 Å². The molecule has 1 aliphatic rings. The van der Waals surface area contributed by atoms with Crippen LogP contribution in [0, 0.1) is 0 Å². The molecule has 1 aliphatic heterocycles. The molecule has 0 spiro atoms. The summed E-state index contributed by atoms with van der Waals surface area (Å²) in [5.41, 5.74) is 8.90. The van der Waals surface area contributed by atoms with E-state index < -0.39 is 29.6 Å². The smallest absolute Gasteiger partial charge is 0.171 e. The second-order valence-corrected chi connectivity index (χ2v) is 40.3. The van der Waals surface area contributed by atoms with Crippen molar-refractivity contribution in [1.29, 1.82) is 0 Å². The Labute approximate surface area is 115 Å². The van der Waals surface area contributed by atoms with E-state index in [9.17, 15) is 0 Å². The SMILES string of the molecule is C=C[Si]1(C=C)CO[Si](C)(C)[Si](C)(C)[Si]1(C=C)C=C. The van der Waals surface area contributed by atoms with E-state index in [1.165, 1.54) is 0 Å². The Morgan fingerprint density at radius 1 is 0.833 bits per heavy atom. The van der Waals surface area contributed by atoms with Crippen LogP contribution in [-0.2, 0) is 4.43 Å². The fourth-order valence-corrected chi connectivity index (χ4v) is 67.1. The predicted octanol–water partition coefficient (Wildman–Crippen LogP) is 3.50. The molecule has 0 N–H and O–H groups in total. The molecule has 0 radical (unpaired) electrons. The van der Waals surface area contributed by atoms with Crippen LogP contribution in [-0.4, -0.2) is 35.9 Å². The summed E-state index contributed by atoms with van der Waals surface area (Å²) < 4.78 is 6.40. The molecule has 1 saturated heterocycles. The van der Waals surface area contributed by atoms with E-state index in [1.54, 1.807) is 0 Å². The van der Waals surface area contributed by atoms with Crippen LogP contribution in [0.3, 0.4) is 0 Å². The number of hydrogen-bond donors (Lipinski definition) is 0. The van der Waals surface area contributed by atoms with E-state index in [0.29, 0.717) is 0 Å². The fraction of sp³-hybridized carbons (Fsp3) is 0.385. The van der Waals surface area contributed by atoms with Crippen molar-refractivity contribution in [2.24, 2.45) is 0 Å². The summed E-state index contributed by atoms with van der Waals surface area (Å²) in [7, 11) is -6.75. The lowest BCUT2D eigenvalue weighted by molar-refractivity contribution is 0.383. The van der Waals surface area contributed by atoms with E-state index in [0.717, 1.165) is 6.23 Å². The Balaban J connectivity index is 3.64. The van der Waals surface area contributed by atoms with Crippen LogP contribution >= 0.6 is 0 Å². The van der Waals surface area contributed by atoms with Crippen LogP contribution in [0.4, 0.5) is 0 Å². The van der Waals surface area contributed by atoms with Crippen LogP contribution in [0.2, 0.25) is 26.2 Å². The van der Waals surface area contributed by atoms with Gasteiger partial charge in [0.15, 0.2) is 7.83 Å². The topological polar surface area (TPSA) is 9.23 Å². The molecular formula is C13H26OSi4. The van der Waals surface area contributed by atoms with Gasteiger partial charge in [-0.25, -0.2) is 0 Å². The summed E-state index contributed by atoms with van der Waals surface area (Å²) in [6.45, 7) is 26.4. The molecule has 1 rings (SSSR count). The van der Waals surface area contributed by atoms with Crippen molar-refractivity contribution in [3.63, 3.8) is 0 Å². The summed E-state index contributed by atoms with van der Waals surface area (Å²) in [6.07, 6.45) is 0.847. The monoisotopic (exact) mass is 310 g/mol.